The third-order valence-corrected chi connectivity index (χ3v) is 3.81. The first-order valence-corrected chi connectivity index (χ1v) is 8.31. The molecule has 0 atom stereocenters. The zero-order valence-corrected chi connectivity index (χ0v) is 15.5. The molecular formula is C19H20ClFN2O3. The number of nitrogens with zero attached hydrogens (tertiary/aromatic N) is 1. The lowest BCUT2D eigenvalue weighted by Crippen LogP contribution is -2.49. The molecule has 2 aromatic carbocycles. The molecule has 0 aliphatic carbocycles. The minimum atomic E-state index is -1.17. The number of carbonyl (C=O) groups excluding carboxylic acids is 2. The maximum atomic E-state index is 12.9. The van der Waals surface area contributed by atoms with Crippen LogP contribution in [0.1, 0.15) is 13.8 Å². The van der Waals surface area contributed by atoms with Crippen LogP contribution in [0.5, 0.6) is 5.75 Å². The molecule has 5 nitrogen and oxygen atoms in total. The second kappa shape index (κ2) is 8.19. The number of halogens is 2. The third-order valence-electron chi connectivity index (χ3n) is 3.56. The van der Waals surface area contributed by atoms with Crippen molar-refractivity contribution < 1.29 is 18.7 Å². The Balaban J connectivity index is 1.95. The van der Waals surface area contributed by atoms with Crippen molar-refractivity contribution in [3.8, 4) is 5.75 Å². The molecule has 1 N–H and O–H groups in total. The van der Waals surface area contributed by atoms with E-state index in [0.717, 1.165) is 0 Å². The van der Waals surface area contributed by atoms with Gasteiger partial charge < -0.3 is 15.0 Å². The van der Waals surface area contributed by atoms with Crippen LogP contribution in [0.3, 0.4) is 0 Å². The average Bonchev–Trinajstić information content (AvgIpc) is 2.58. The minimum Gasteiger partial charge on any atom is -0.478 e. The first kappa shape index (κ1) is 19.7. The van der Waals surface area contributed by atoms with Crippen molar-refractivity contribution >= 4 is 29.1 Å². The molecule has 0 radical (unpaired) electrons. The molecule has 0 aliphatic rings. The number of benzene rings is 2. The van der Waals surface area contributed by atoms with Crippen molar-refractivity contribution in [3.05, 3.63) is 59.4 Å². The Morgan fingerprint density at radius 1 is 1.12 bits per heavy atom. The van der Waals surface area contributed by atoms with Gasteiger partial charge in [0.15, 0.2) is 5.60 Å². The molecule has 0 aliphatic heterocycles. The van der Waals surface area contributed by atoms with E-state index in [1.807, 2.05) is 0 Å². The fourth-order valence-electron chi connectivity index (χ4n) is 2.32. The summed E-state index contributed by atoms with van der Waals surface area (Å²) in [6, 6.07) is 12.0. The van der Waals surface area contributed by atoms with Gasteiger partial charge in [0.2, 0.25) is 5.91 Å². The second-order valence-corrected chi connectivity index (χ2v) is 6.72. The van der Waals surface area contributed by atoms with Gasteiger partial charge in [-0.2, -0.15) is 0 Å². The van der Waals surface area contributed by atoms with Crippen molar-refractivity contribution in [2.75, 3.05) is 18.9 Å². The summed E-state index contributed by atoms with van der Waals surface area (Å²) in [7, 11) is 1.51. The fraction of sp³-hybridized carbons (Fsp3) is 0.263. The topological polar surface area (TPSA) is 58.6 Å². The summed E-state index contributed by atoms with van der Waals surface area (Å²) in [5.41, 5.74) is -0.715. The number of nitrogens with one attached hydrogen (secondary N) is 1. The molecule has 2 amide bonds. The summed E-state index contributed by atoms with van der Waals surface area (Å²) >= 11 is 5.83. The maximum absolute atomic E-state index is 12.9. The molecule has 0 saturated heterocycles. The smallest absolute Gasteiger partial charge is 0.266 e. The lowest BCUT2D eigenvalue weighted by molar-refractivity contribution is -0.145. The highest BCUT2D eigenvalue weighted by atomic mass is 35.5. The van der Waals surface area contributed by atoms with Gasteiger partial charge in [0.05, 0.1) is 6.54 Å². The van der Waals surface area contributed by atoms with Gasteiger partial charge in [-0.3, -0.25) is 9.59 Å². The number of likely N-dealkylation sites (N-methyl/N-ethyl adjacent to an activating group) is 1. The largest absolute Gasteiger partial charge is 0.478 e. The van der Waals surface area contributed by atoms with Gasteiger partial charge in [0, 0.05) is 17.8 Å². The highest BCUT2D eigenvalue weighted by Crippen LogP contribution is 2.22. The summed E-state index contributed by atoms with van der Waals surface area (Å²) in [6.07, 6.45) is 0. The van der Waals surface area contributed by atoms with Crippen molar-refractivity contribution in [2.45, 2.75) is 19.4 Å². The van der Waals surface area contributed by atoms with Crippen LogP contribution in [0.2, 0.25) is 5.02 Å². The fourth-order valence-corrected chi connectivity index (χ4v) is 2.45. The zero-order valence-electron chi connectivity index (χ0n) is 14.8. The molecule has 26 heavy (non-hydrogen) atoms. The molecular weight excluding hydrogens is 359 g/mol. The third kappa shape index (κ3) is 5.46. The van der Waals surface area contributed by atoms with E-state index in [1.165, 1.54) is 36.2 Å². The Kier molecular flexibility index (Phi) is 6.21. The second-order valence-electron chi connectivity index (χ2n) is 6.28. The van der Waals surface area contributed by atoms with E-state index in [0.29, 0.717) is 16.5 Å². The molecule has 0 saturated carbocycles. The van der Waals surface area contributed by atoms with Gasteiger partial charge in [-0.25, -0.2) is 4.39 Å². The lowest BCUT2D eigenvalue weighted by Gasteiger charge is -2.29. The number of ether oxygens (including phenoxy) is 1. The molecule has 0 fully saturated rings. The van der Waals surface area contributed by atoms with Crippen molar-refractivity contribution in [1.29, 1.82) is 0 Å². The normalized spacial score (nSPS) is 11.0. The first-order chi connectivity index (χ1) is 12.2. The SMILES string of the molecule is CN(CC(=O)Nc1ccc(F)cc1)C(=O)C(C)(C)Oc1ccc(Cl)cc1. The van der Waals surface area contributed by atoms with Crippen LogP contribution in [-0.4, -0.2) is 35.9 Å². The van der Waals surface area contributed by atoms with Gasteiger partial charge >= 0.3 is 0 Å². The molecule has 0 spiro atoms. The maximum Gasteiger partial charge on any atom is 0.266 e. The monoisotopic (exact) mass is 378 g/mol. The van der Waals surface area contributed by atoms with Crippen LogP contribution in [0.4, 0.5) is 10.1 Å². The first-order valence-electron chi connectivity index (χ1n) is 7.93. The van der Waals surface area contributed by atoms with Crippen LogP contribution >= 0.6 is 11.6 Å². The highest BCUT2D eigenvalue weighted by Gasteiger charge is 2.33. The van der Waals surface area contributed by atoms with E-state index in [9.17, 15) is 14.0 Å². The number of hydrogen-bond donors (Lipinski definition) is 1. The summed E-state index contributed by atoms with van der Waals surface area (Å²) in [4.78, 5) is 26.0. The Morgan fingerprint density at radius 3 is 2.27 bits per heavy atom. The van der Waals surface area contributed by atoms with E-state index in [4.69, 9.17) is 16.3 Å². The van der Waals surface area contributed by atoms with Crippen molar-refractivity contribution in [3.63, 3.8) is 0 Å². The van der Waals surface area contributed by atoms with Crippen LogP contribution in [0.25, 0.3) is 0 Å². The quantitative estimate of drug-likeness (QED) is 0.833. The lowest BCUT2D eigenvalue weighted by atomic mass is 10.1. The van der Waals surface area contributed by atoms with Gasteiger partial charge in [-0.15, -0.1) is 0 Å². The Hall–Kier alpha value is -2.60. The van der Waals surface area contributed by atoms with Gasteiger partial charge in [0.25, 0.3) is 5.91 Å². The summed E-state index contributed by atoms with van der Waals surface area (Å²) in [5, 5.41) is 3.17. The molecule has 2 aromatic rings. The van der Waals surface area contributed by atoms with E-state index in [2.05, 4.69) is 5.32 Å². The summed E-state index contributed by atoms with van der Waals surface area (Å²) < 4.78 is 18.6. The van der Waals surface area contributed by atoms with Crippen LogP contribution in [0.15, 0.2) is 48.5 Å². The van der Waals surface area contributed by atoms with Gasteiger partial charge in [0.1, 0.15) is 11.6 Å². The van der Waals surface area contributed by atoms with Crippen LogP contribution < -0.4 is 10.1 Å². The van der Waals surface area contributed by atoms with E-state index >= 15 is 0 Å². The highest BCUT2D eigenvalue weighted by molar-refractivity contribution is 6.30. The van der Waals surface area contributed by atoms with Crippen molar-refractivity contribution in [1.82, 2.24) is 4.90 Å². The van der Waals surface area contributed by atoms with E-state index in [1.54, 1.807) is 38.1 Å². The number of hydrogen-bond acceptors (Lipinski definition) is 3. The number of amides is 2. The summed E-state index contributed by atoms with van der Waals surface area (Å²) in [5.74, 6) is -0.648. The molecule has 0 unspecified atom stereocenters. The molecule has 138 valence electrons. The van der Waals surface area contributed by atoms with E-state index in [-0.39, 0.29) is 12.5 Å². The molecule has 2 rings (SSSR count). The standard InChI is InChI=1S/C19H20ClFN2O3/c1-19(2,26-16-10-4-13(20)5-11-16)18(25)23(3)12-17(24)22-15-8-6-14(21)7-9-15/h4-11H,12H2,1-3H3,(H,22,24). The summed E-state index contributed by atoms with van der Waals surface area (Å²) in [6.45, 7) is 3.08. The predicted molar refractivity (Wildman–Crippen MR) is 98.8 cm³/mol. The number of carbonyl (C=O) groups is 2. The molecule has 0 heterocycles. The Bertz CT molecular complexity index is 776. The number of rotatable bonds is 6. The zero-order chi connectivity index (χ0) is 19.3. The molecule has 7 heteroatoms. The Labute approximate surface area is 156 Å². The van der Waals surface area contributed by atoms with Crippen LogP contribution in [0, 0.1) is 5.82 Å². The molecule has 0 bridgehead atoms. The van der Waals surface area contributed by atoms with Crippen LogP contribution in [-0.2, 0) is 9.59 Å². The average molecular weight is 379 g/mol. The molecule has 0 aromatic heterocycles. The minimum absolute atomic E-state index is 0.163. The van der Waals surface area contributed by atoms with E-state index < -0.39 is 17.3 Å². The van der Waals surface area contributed by atoms with Crippen molar-refractivity contribution in [2.24, 2.45) is 0 Å². The number of anilines is 1. The predicted octanol–water partition coefficient (Wildman–Crippen LogP) is 3.73. The van der Waals surface area contributed by atoms with Gasteiger partial charge in [-0.1, -0.05) is 11.6 Å². The Morgan fingerprint density at radius 2 is 1.69 bits per heavy atom. The van der Waals surface area contributed by atoms with Gasteiger partial charge in [-0.05, 0) is 62.4 Å².